The Kier molecular flexibility index (Phi) is 5.99. The highest BCUT2D eigenvalue weighted by atomic mass is 16.6. The molecule has 0 rings (SSSR count). The van der Waals surface area contributed by atoms with E-state index in [9.17, 15) is 14.4 Å². The van der Waals surface area contributed by atoms with E-state index in [2.05, 4.69) is 0 Å². The van der Waals surface area contributed by atoms with Crippen LogP contribution in [0.1, 0.15) is 48.0 Å². The minimum Gasteiger partial charge on any atom is -0.443 e. The lowest BCUT2D eigenvalue weighted by molar-refractivity contribution is -0.118. The number of nitrogens with zero attached hydrogens (tertiary/aromatic N) is 1. The van der Waals surface area contributed by atoms with E-state index in [0.717, 1.165) is 4.90 Å². The second-order valence-electron chi connectivity index (χ2n) is 6.33. The summed E-state index contributed by atoms with van der Waals surface area (Å²) in [6, 6.07) is 0. The highest BCUT2D eigenvalue weighted by molar-refractivity contribution is 5.88. The molecule has 0 aliphatic heterocycles. The normalized spacial score (nSPS) is 11.7. The fraction of sp³-hybridized carbons (Fsp3) is 0.769. The van der Waals surface area contributed by atoms with Gasteiger partial charge in [-0.25, -0.2) is 14.5 Å². The van der Waals surface area contributed by atoms with Crippen molar-refractivity contribution in [2.45, 2.75) is 59.2 Å². The average molecular weight is 288 g/mol. The third-order valence-electron chi connectivity index (χ3n) is 1.81. The summed E-state index contributed by atoms with van der Waals surface area (Å²) in [4.78, 5) is 35.4. The van der Waals surface area contributed by atoms with Gasteiger partial charge in [0.1, 0.15) is 11.2 Å². The fourth-order valence-electron chi connectivity index (χ4n) is 1.11. The van der Waals surface area contributed by atoms with Gasteiger partial charge in [0.15, 0.2) is 0 Å². The zero-order valence-corrected chi connectivity index (χ0v) is 13.0. The molecule has 0 spiro atoms. The lowest BCUT2D eigenvalue weighted by Gasteiger charge is -2.28. The van der Waals surface area contributed by atoms with Gasteiger partial charge in [-0.2, -0.15) is 0 Å². The van der Waals surface area contributed by atoms with Gasteiger partial charge in [0, 0.05) is 13.0 Å². The van der Waals surface area contributed by atoms with Crippen LogP contribution < -0.4 is 5.73 Å². The Balaban J connectivity index is 4.93. The largest absolute Gasteiger partial charge is 0.443 e. The van der Waals surface area contributed by atoms with E-state index in [4.69, 9.17) is 15.2 Å². The maximum absolute atomic E-state index is 11.9. The second kappa shape index (κ2) is 6.58. The fourth-order valence-corrected chi connectivity index (χ4v) is 1.11. The number of hydrogen-bond donors (Lipinski definition) is 1. The van der Waals surface area contributed by atoms with Crippen molar-refractivity contribution in [3.8, 4) is 0 Å². The second-order valence-corrected chi connectivity index (χ2v) is 6.33. The Morgan fingerprint density at radius 1 is 0.900 bits per heavy atom. The van der Waals surface area contributed by atoms with Crippen molar-refractivity contribution in [2.24, 2.45) is 5.73 Å². The maximum Gasteiger partial charge on any atom is 0.419 e. The number of carbonyl (C=O) groups excluding carboxylic acids is 3. The van der Waals surface area contributed by atoms with Crippen LogP contribution in [0.2, 0.25) is 0 Å². The van der Waals surface area contributed by atoms with Gasteiger partial charge in [-0.3, -0.25) is 4.79 Å². The molecule has 0 aromatic carbocycles. The quantitative estimate of drug-likeness (QED) is 0.856. The highest BCUT2D eigenvalue weighted by Gasteiger charge is 2.31. The van der Waals surface area contributed by atoms with E-state index in [1.807, 2.05) is 0 Å². The molecule has 116 valence electrons. The first-order valence-electron chi connectivity index (χ1n) is 6.33. The van der Waals surface area contributed by atoms with Gasteiger partial charge >= 0.3 is 12.2 Å². The first-order chi connectivity index (χ1) is 8.82. The third kappa shape index (κ3) is 8.34. The molecule has 0 radical (unpaired) electrons. The van der Waals surface area contributed by atoms with Crippen molar-refractivity contribution < 1.29 is 23.9 Å². The zero-order valence-electron chi connectivity index (χ0n) is 13.0. The molecule has 0 heterocycles. The monoisotopic (exact) mass is 288 g/mol. The number of rotatable bonds is 3. The molecule has 0 atom stereocenters. The minimum atomic E-state index is -0.868. The van der Waals surface area contributed by atoms with E-state index < -0.39 is 29.3 Å². The van der Waals surface area contributed by atoms with E-state index in [-0.39, 0.29) is 13.0 Å². The average Bonchev–Trinajstić information content (AvgIpc) is 2.10. The van der Waals surface area contributed by atoms with Gasteiger partial charge in [0.2, 0.25) is 5.91 Å². The molecule has 0 saturated carbocycles. The van der Waals surface area contributed by atoms with Gasteiger partial charge in [-0.15, -0.1) is 0 Å². The van der Waals surface area contributed by atoms with Crippen LogP contribution in [0.4, 0.5) is 9.59 Å². The maximum atomic E-state index is 11.9. The first-order valence-corrected chi connectivity index (χ1v) is 6.33. The molecule has 0 aromatic heterocycles. The molecule has 0 saturated heterocycles. The van der Waals surface area contributed by atoms with Crippen molar-refractivity contribution in [2.75, 3.05) is 6.54 Å². The van der Waals surface area contributed by atoms with Crippen LogP contribution in [0.15, 0.2) is 0 Å². The van der Waals surface area contributed by atoms with Crippen LogP contribution in [0.5, 0.6) is 0 Å². The van der Waals surface area contributed by atoms with Crippen LogP contribution in [0.3, 0.4) is 0 Å². The van der Waals surface area contributed by atoms with Crippen LogP contribution in [0.25, 0.3) is 0 Å². The number of hydrogen-bond acceptors (Lipinski definition) is 5. The van der Waals surface area contributed by atoms with Crippen LogP contribution >= 0.6 is 0 Å². The van der Waals surface area contributed by atoms with Crippen molar-refractivity contribution >= 4 is 18.1 Å². The van der Waals surface area contributed by atoms with Crippen molar-refractivity contribution in [1.29, 1.82) is 0 Å². The van der Waals surface area contributed by atoms with Crippen molar-refractivity contribution in [3.05, 3.63) is 0 Å². The molecular weight excluding hydrogens is 264 g/mol. The number of ether oxygens (including phenoxy) is 2. The summed E-state index contributed by atoms with van der Waals surface area (Å²) in [5, 5.41) is 0. The lowest BCUT2D eigenvalue weighted by Crippen LogP contribution is -2.44. The van der Waals surface area contributed by atoms with E-state index >= 15 is 0 Å². The molecule has 0 bridgehead atoms. The van der Waals surface area contributed by atoms with Crippen LogP contribution in [0, 0.1) is 0 Å². The number of imide groups is 1. The third-order valence-corrected chi connectivity index (χ3v) is 1.81. The Morgan fingerprint density at radius 3 is 1.50 bits per heavy atom. The van der Waals surface area contributed by atoms with Gasteiger partial charge in [0.25, 0.3) is 0 Å². The van der Waals surface area contributed by atoms with Crippen LogP contribution in [-0.2, 0) is 14.3 Å². The summed E-state index contributed by atoms with van der Waals surface area (Å²) in [6.07, 6.45) is -1.89. The Bertz CT molecular complexity index is 351. The topological polar surface area (TPSA) is 98.9 Å². The Morgan fingerprint density at radius 2 is 1.25 bits per heavy atom. The molecule has 20 heavy (non-hydrogen) atoms. The number of carbonyl (C=O) groups is 3. The van der Waals surface area contributed by atoms with E-state index in [0.29, 0.717) is 0 Å². The van der Waals surface area contributed by atoms with Crippen LogP contribution in [-0.4, -0.2) is 40.7 Å². The van der Waals surface area contributed by atoms with Gasteiger partial charge in [0.05, 0.1) is 0 Å². The lowest BCUT2D eigenvalue weighted by atomic mass is 10.2. The summed E-state index contributed by atoms with van der Waals surface area (Å²) >= 11 is 0. The first kappa shape index (κ1) is 18.2. The molecule has 0 aromatic rings. The number of primary amides is 1. The predicted molar refractivity (Wildman–Crippen MR) is 73.0 cm³/mol. The van der Waals surface area contributed by atoms with Crippen molar-refractivity contribution in [1.82, 2.24) is 4.90 Å². The summed E-state index contributed by atoms with van der Waals surface area (Å²) in [5.41, 5.74) is 3.51. The predicted octanol–water partition coefficient (Wildman–Crippen LogP) is 2.03. The minimum absolute atomic E-state index is 0.154. The molecular formula is C13H24N2O5. The van der Waals surface area contributed by atoms with Gasteiger partial charge in [-0.05, 0) is 41.5 Å². The summed E-state index contributed by atoms with van der Waals surface area (Å²) in [7, 11) is 0. The summed E-state index contributed by atoms with van der Waals surface area (Å²) < 4.78 is 10.2. The molecule has 0 fully saturated rings. The SMILES string of the molecule is CC(C)(C)OC(=O)N(CCC(N)=O)C(=O)OC(C)(C)C. The smallest absolute Gasteiger partial charge is 0.419 e. The van der Waals surface area contributed by atoms with Crippen molar-refractivity contribution in [3.63, 3.8) is 0 Å². The highest BCUT2D eigenvalue weighted by Crippen LogP contribution is 2.14. The molecule has 0 unspecified atom stereocenters. The standard InChI is InChI=1S/C13H24N2O5/c1-12(2,3)19-10(17)15(8-7-9(14)16)11(18)20-13(4,5)6/h7-8H2,1-6H3,(H2,14,16). The number of amides is 3. The molecule has 2 N–H and O–H groups in total. The molecule has 0 aliphatic carbocycles. The number of nitrogens with two attached hydrogens (primary N) is 1. The van der Waals surface area contributed by atoms with E-state index in [1.165, 1.54) is 0 Å². The Labute approximate surface area is 119 Å². The molecule has 7 nitrogen and oxygen atoms in total. The zero-order chi connectivity index (χ0) is 16.1. The van der Waals surface area contributed by atoms with Gasteiger partial charge in [-0.1, -0.05) is 0 Å². The summed E-state index contributed by atoms with van der Waals surface area (Å²) in [6.45, 7) is 9.86. The molecule has 0 aliphatic rings. The van der Waals surface area contributed by atoms with Gasteiger partial charge < -0.3 is 15.2 Å². The molecule has 3 amide bonds. The van der Waals surface area contributed by atoms with E-state index in [1.54, 1.807) is 41.5 Å². The summed E-state index contributed by atoms with van der Waals surface area (Å²) in [5.74, 6) is -0.623. The Hall–Kier alpha value is -1.79. The molecule has 7 heteroatoms.